The number of nitrogens with one attached hydrogen (secondary N) is 1. The predicted molar refractivity (Wildman–Crippen MR) is 109 cm³/mol. The summed E-state index contributed by atoms with van der Waals surface area (Å²) in [5.74, 6) is 2.84. The number of benzene rings is 2. The molecule has 0 amide bonds. The molecule has 1 N–H and O–H groups in total. The average Bonchev–Trinajstić information content (AvgIpc) is 3.51. The van der Waals surface area contributed by atoms with Crippen molar-refractivity contribution in [2.75, 3.05) is 12.4 Å². The highest BCUT2D eigenvalue weighted by Gasteiger charge is 2.28. The van der Waals surface area contributed by atoms with Gasteiger partial charge in [0.05, 0.1) is 13.3 Å². The summed E-state index contributed by atoms with van der Waals surface area (Å²) in [4.78, 5) is 9.60. The van der Waals surface area contributed by atoms with E-state index in [0.717, 1.165) is 22.5 Å². The van der Waals surface area contributed by atoms with Crippen molar-refractivity contribution in [3.05, 3.63) is 71.9 Å². The summed E-state index contributed by atoms with van der Waals surface area (Å²) in [6.45, 7) is 0.642. The summed E-state index contributed by atoms with van der Waals surface area (Å²) < 4.78 is 7.05. The number of anilines is 1. The Kier molecular flexibility index (Phi) is 4.16. The van der Waals surface area contributed by atoms with Gasteiger partial charge in [-0.05, 0) is 36.5 Å². The zero-order valence-electron chi connectivity index (χ0n) is 15.7. The van der Waals surface area contributed by atoms with Crippen molar-refractivity contribution < 1.29 is 4.74 Å². The standard InChI is InChI=1S/C22H21N5O/c1-28-18-11-7-15(8-12-18)13-23-22-26-20(17-5-3-2-4-6-17)25-21-19(16-9-10-16)14-24-27(21)22/h2-8,11-12,14,16H,9-10,13H2,1H3,(H,23,25,26). The van der Waals surface area contributed by atoms with E-state index >= 15 is 0 Å². The zero-order chi connectivity index (χ0) is 18.9. The molecule has 2 heterocycles. The van der Waals surface area contributed by atoms with Crippen LogP contribution in [0.2, 0.25) is 0 Å². The summed E-state index contributed by atoms with van der Waals surface area (Å²) in [5, 5.41) is 8.00. The fourth-order valence-corrected chi connectivity index (χ4v) is 3.33. The lowest BCUT2D eigenvalue weighted by Gasteiger charge is -2.10. The summed E-state index contributed by atoms with van der Waals surface area (Å²) in [7, 11) is 1.67. The molecule has 0 unspecified atom stereocenters. The van der Waals surface area contributed by atoms with Gasteiger partial charge >= 0.3 is 0 Å². The van der Waals surface area contributed by atoms with Crippen LogP contribution in [-0.2, 0) is 6.54 Å². The Bertz CT molecular complexity index is 1100. The molecule has 0 aliphatic heterocycles. The number of hydrogen-bond donors (Lipinski definition) is 1. The third-order valence-electron chi connectivity index (χ3n) is 5.05. The molecule has 5 rings (SSSR count). The topological polar surface area (TPSA) is 64.3 Å². The van der Waals surface area contributed by atoms with E-state index in [9.17, 15) is 0 Å². The third-order valence-corrected chi connectivity index (χ3v) is 5.05. The van der Waals surface area contributed by atoms with E-state index in [1.807, 2.05) is 65.3 Å². The van der Waals surface area contributed by atoms with Crippen LogP contribution in [0.3, 0.4) is 0 Å². The molecule has 28 heavy (non-hydrogen) atoms. The molecule has 6 heteroatoms. The van der Waals surface area contributed by atoms with Gasteiger partial charge in [0.15, 0.2) is 11.5 Å². The van der Waals surface area contributed by atoms with Crippen LogP contribution in [0.4, 0.5) is 5.95 Å². The van der Waals surface area contributed by atoms with Crippen molar-refractivity contribution in [1.29, 1.82) is 0 Å². The van der Waals surface area contributed by atoms with Crippen LogP contribution >= 0.6 is 0 Å². The number of methoxy groups -OCH3 is 1. The van der Waals surface area contributed by atoms with Crippen molar-refractivity contribution in [2.24, 2.45) is 0 Å². The second-order valence-electron chi connectivity index (χ2n) is 7.05. The largest absolute Gasteiger partial charge is 0.497 e. The predicted octanol–water partition coefficient (Wildman–Crippen LogP) is 4.29. The number of nitrogens with zero attached hydrogens (tertiary/aromatic N) is 4. The minimum Gasteiger partial charge on any atom is -0.497 e. The SMILES string of the molecule is COc1ccc(CNc2nc(-c3ccccc3)nc3c(C4CC4)cnn23)cc1. The van der Waals surface area contributed by atoms with Gasteiger partial charge in [0.25, 0.3) is 0 Å². The Labute approximate surface area is 163 Å². The summed E-state index contributed by atoms with van der Waals surface area (Å²) >= 11 is 0. The third kappa shape index (κ3) is 3.17. The van der Waals surface area contributed by atoms with Crippen molar-refractivity contribution in [2.45, 2.75) is 25.3 Å². The molecule has 2 aromatic carbocycles. The molecule has 0 saturated heterocycles. The fraction of sp³-hybridized carbons (Fsp3) is 0.227. The molecule has 1 aliphatic carbocycles. The normalized spacial score (nSPS) is 13.6. The molecule has 1 saturated carbocycles. The first kappa shape index (κ1) is 16.7. The molecular formula is C22H21N5O. The van der Waals surface area contributed by atoms with Crippen molar-refractivity contribution in [3.8, 4) is 17.1 Å². The van der Waals surface area contributed by atoms with Gasteiger partial charge in [-0.25, -0.2) is 4.98 Å². The van der Waals surface area contributed by atoms with Crippen LogP contribution in [0.15, 0.2) is 60.8 Å². The molecule has 4 aromatic rings. The number of hydrogen-bond acceptors (Lipinski definition) is 5. The molecule has 6 nitrogen and oxygen atoms in total. The molecule has 1 fully saturated rings. The molecule has 140 valence electrons. The highest BCUT2D eigenvalue weighted by Crippen LogP contribution is 2.42. The Hall–Kier alpha value is -3.41. The van der Waals surface area contributed by atoms with Gasteiger partial charge < -0.3 is 10.1 Å². The minimum atomic E-state index is 0.575. The van der Waals surface area contributed by atoms with E-state index in [0.29, 0.717) is 24.2 Å². The van der Waals surface area contributed by atoms with Crippen molar-refractivity contribution >= 4 is 11.6 Å². The number of fused-ring (bicyclic) bond motifs is 1. The van der Waals surface area contributed by atoms with Gasteiger partial charge in [0.1, 0.15) is 5.75 Å². The summed E-state index contributed by atoms with van der Waals surface area (Å²) in [6, 6.07) is 18.1. The lowest BCUT2D eigenvalue weighted by molar-refractivity contribution is 0.414. The zero-order valence-corrected chi connectivity index (χ0v) is 15.7. The van der Waals surface area contributed by atoms with E-state index in [-0.39, 0.29) is 0 Å². The quantitative estimate of drug-likeness (QED) is 0.548. The van der Waals surface area contributed by atoms with Crippen molar-refractivity contribution in [1.82, 2.24) is 19.6 Å². The Morgan fingerprint density at radius 1 is 1.04 bits per heavy atom. The van der Waals surface area contributed by atoms with Gasteiger partial charge in [-0.1, -0.05) is 42.5 Å². The molecule has 0 atom stereocenters. The first-order valence-electron chi connectivity index (χ1n) is 9.50. The van der Waals surface area contributed by atoms with Crippen molar-refractivity contribution in [3.63, 3.8) is 0 Å². The Morgan fingerprint density at radius 3 is 2.54 bits per heavy atom. The molecule has 1 aliphatic rings. The second-order valence-corrected chi connectivity index (χ2v) is 7.05. The van der Waals surface area contributed by atoms with Crippen LogP contribution in [0.5, 0.6) is 5.75 Å². The molecule has 0 radical (unpaired) electrons. The lowest BCUT2D eigenvalue weighted by Crippen LogP contribution is -2.10. The van der Waals surface area contributed by atoms with E-state index in [1.165, 1.54) is 18.4 Å². The number of ether oxygens (including phenoxy) is 1. The van der Waals surface area contributed by atoms with Gasteiger partial charge in [0, 0.05) is 17.7 Å². The monoisotopic (exact) mass is 371 g/mol. The fourth-order valence-electron chi connectivity index (χ4n) is 3.33. The Balaban J connectivity index is 1.52. The van der Waals surface area contributed by atoms with E-state index < -0.39 is 0 Å². The first-order valence-corrected chi connectivity index (χ1v) is 9.50. The Morgan fingerprint density at radius 2 is 1.82 bits per heavy atom. The van der Waals surface area contributed by atoms with Crippen LogP contribution in [0, 0.1) is 0 Å². The minimum absolute atomic E-state index is 0.575. The van der Waals surface area contributed by atoms with E-state index in [1.54, 1.807) is 7.11 Å². The van der Waals surface area contributed by atoms with Crippen LogP contribution in [0.25, 0.3) is 17.0 Å². The van der Waals surface area contributed by atoms with E-state index in [2.05, 4.69) is 10.4 Å². The highest BCUT2D eigenvalue weighted by atomic mass is 16.5. The van der Waals surface area contributed by atoms with Gasteiger partial charge in [0.2, 0.25) is 5.95 Å². The van der Waals surface area contributed by atoms with Crippen LogP contribution in [0.1, 0.15) is 29.9 Å². The summed E-state index contributed by atoms with van der Waals surface area (Å²) in [6.07, 6.45) is 4.36. The van der Waals surface area contributed by atoms with Crippen LogP contribution < -0.4 is 10.1 Å². The number of rotatable bonds is 6. The maximum atomic E-state index is 5.23. The lowest BCUT2D eigenvalue weighted by atomic mass is 10.2. The van der Waals surface area contributed by atoms with E-state index in [4.69, 9.17) is 14.7 Å². The van der Waals surface area contributed by atoms with Gasteiger partial charge in [-0.3, -0.25) is 0 Å². The van der Waals surface area contributed by atoms with Crippen LogP contribution in [-0.4, -0.2) is 26.7 Å². The smallest absolute Gasteiger partial charge is 0.228 e. The average molecular weight is 371 g/mol. The highest BCUT2D eigenvalue weighted by molar-refractivity contribution is 5.63. The summed E-state index contributed by atoms with van der Waals surface area (Å²) in [5.41, 5.74) is 4.25. The molecule has 2 aromatic heterocycles. The maximum absolute atomic E-state index is 5.23. The molecule has 0 bridgehead atoms. The van der Waals surface area contributed by atoms with Gasteiger partial charge in [-0.15, -0.1) is 0 Å². The second kappa shape index (κ2) is 6.96. The first-order chi connectivity index (χ1) is 13.8. The number of aromatic nitrogens is 4. The maximum Gasteiger partial charge on any atom is 0.228 e. The molecular weight excluding hydrogens is 350 g/mol. The molecule has 0 spiro atoms. The van der Waals surface area contributed by atoms with Gasteiger partial charge in [-0.2, -0.15) is 14.6 Å².